The lowest BCUT2D eigenvalue weighted by atomic mass is 10.1. The molecule has 0 aliphatic carbocycles. The molecule has 0 unspecified atom stereocenters. The Morgan fingerprint density at radius 1 is 1.03 bits per heavy atom. The number of rotatable bonds is 9. The summed E-state index contributed by atoms with van der Waals surface area (Å²) in [7, 11) is 3.22. The van der Waals surface area contributed by atoms with E-state index in [-0.39, 0.29) is 5.91 Å². The lowest BCUT2D eigenvalue weighted by Crippen LogP contribution is -2.11. The summed E-state index contributed by atoms with van der Waals surface area (Å²) in [5.41, 5.74) is 5.53. The van der Waals surface area contributed by atoms with Crippen molar-refractivity contribution in [2.24, 2.45) is 0 Å². The molecule has 0 saturated heterocycles. The van der Waals surface area contributed by atoms with Crippen LogP contribution in [-0.2, 0) is 11.2 Å². The van der Waals surface area contributed by atoms with Gasteiger partial charge in [-0.05, 0) is 60.9 Å². The standard InChI is InChI=1S/C28H25ClN4O4/c1-35-24-12-6-17(14-25(24)36-2)4-3-5-26(34)31-20-10-7-18(8-11-20)27-21(16-30-33-27)28-32-22-15-19(29)9-13-23(22)37-28/h6-16H,3-5H2,1-2H3,(H,30,33)(H,31,34). The van der Waals surface area contributed by atoms with Gasteiger partial charge >= 0.3 is 0 Å². The Balaban J connectivity index is 1.20. The number of nitrogens with one attached hydrogen (secondary N) is 2. The van der Waals surface area contributed by atoms with Crippen LogP contribution in [0, 0.1) is 0 Å². The largest absolute Gasteiger partial charge is 0.493 e. The number of aryl methyl sites for hydroxylation is 1. The SMILES string of the molecule is COc1ccc(CCCC(=O)Nc2ccc(-c3[nH]ncc3-c3nc4cc(Cl)ccc4o3)cc2)cc1OC. The van der Waals surface area contributed by atoms with Gasteiger partial charge in [0.25, 0.3) is 0 Å². The summed E-state index contributed by atoms with van der Waals surface area (Å²) in [4.78, 5) is 17.0. The number of carbonyl (C=O) groups excluding carboxylic acids is 1. The fourth-order valence-corrected chi connectivity index (χ4v) is 4.28. The van der Waals surface area contributed by atoms with Crippen molar-refractivity contribution < 1.29 is 18.7 Å². The number of fused-ring (bicyclic) bond motifs is 1. The van der Waals surface area contributed by atoms with Gasteiger partial charge in [0.1, 0.15) is 5.52 Å². The lowest BCUT2D eigenvalue weighted by Gasteiger charge is -2.10. The number of ether oxygens (including phenoxy) is 2. The van der Waals surface area contributed by atoms with Crippen LogP contribution in [0.3, 0.4) is 0 Å². The van der Waals surface area contributed by atoms with Gasteiger partial charge in [-0.1, -0.05) is 29.8 Å². The van der Waals surface area contributed by atoms with Crippen LogP contribution in [0.15, 0.2) is 71.3 Å². The molecule has 0 bridgehead atoms. The topological polar surface area (TPSA) is 102 Å². The van der Waals surface area contributed by atoms with Gasteiger partial charge in [0, 0.05) is 22.7 Å². The first-order valence-electron chi connectivity index (χ1n) is 11.7. The Morgan fingerprint density at radius 3 is 2.62 bits per heavy atom. The number of methoxy groups -OCH3 is 2. The molecule has 8 nitrogen and oxygen atoms in total. The number of hydrogen-bond donors (Lipinski definition) is 2. The Bertz CT molecular complexity index is 1540. The van der Waals surface area contributed by atoms with E-state index in [2.05, 4.69) is 20.5 Å². The minimum atomic E-state index is -0.0411. The van der Waals surface area contributed by atoms with Gasteiger partial charge < -0.3 is 19.2 Å². The van der Waals surface area contributed by atoms with Crippen LogP contribution < -0.4 is 14.8 Å². The predicted octanol–water partition coefficient (Wildman–Crippen LogP) is 6.52. The first kappa shape index (κ1) is 24.4. The monoisotopic (exact) mass is 516 g/mol. The Morgan fingerprint density at radius 2 is 1.84 bits per heavy atom. The highest BCUT2D eigenvalue weighted by Gasteiger charge is 2.16. The second-order valence-electron chi connectivity index (χ2n) is 8.46. The lowest BCUT2D eigenvalue weighted by molar-refractivity contribution is -0.116. The molecule has 2 heterocycles. The van der Waals surface area contributed by atoms with Crippen molar-refractivity contribution in [1.82, 2.24) is 15.2 Å². The molecular formula is C28H25ClN4O4. The first-order valence-corrected chi connectivity index (χ1v) is 12.1. The van der Waals surface area contributed by atoms with E-state index in [1.807, 2.05) is 42.5 Å². The normalized spacial score (nSPS) is 11.0. The van der Waals surface area contributed by atoms with Crippen molar-refractivity contribution in [2.45, 2.75) is 19.3 Å². The molecule has 3 aromatic carbocycles. The molecule has 188 valence electrons. The zero-order chi connectivity index (χ0) is 25.8. The minimum Gasteiger partial charge on any atom is -0.493 e. The zero-order valence-corrected chi connectivity index (χ0v) is 21.1. The van der Waals surface area contributed by atoms with E-state index in [4.69, 9.17) is 25.5 Å². The third kappa shape index (κ3) is 5.44. The van der Waals surface area contributed by atoms with Crippen molar-refractivity contribution in [3.8, 4) is 34.2 Å². The maximum Gasteiger partial charge on any atom is 0.231 e. The molecule has 37 heavy (non-hydrogen) atoms. The molecule has 9 heteroatoms. The molecule has 0 spiro atoms. The summed E-state index contributed by atoms with van der Waals surface area (Å²) in [6.07, 6.45) is 3.56. The predicted molar refractivity (Wildman–Crippen MR) is 143 cm³/mol. The fourth-order valence-electron chi connectivity index (χ4n) is 4.12. The van der Waals surface area contributed by atoms with Gasteiger partial charge in [-0.25, -0.2) is 4.98 Å². The van der Waals surface area contributed by atoms with E-state index in [9.17, 15) is 4.79 Å². The van der Waals surface area contributed by atoms with Gasteiger partial charge in [0.05, 0.1) is 31.7 Å². The highest BCUT2D eigenvalue weighted by molar-refractivity contribution is 6.31. The molecule has 1 amide bonds. The second-order valence-corrected chi connectivity index (χ2v) is 8.89. The number of anilines is 1. The summed E-state index contributed by atoms with van der Waals surface area (Å²) in [5.74, 6) is 1.78. The molecule has 0 atom stereocenters. The summed E-state index contributed by atoms with van der Waals surface area (Å²) < 4.78 is 16.5. The van der Waals surface area contributed by atoms with Gasteiger partial charge in [-0.3, -0.25) is 9.89 Å². The minimum absolute atomic E-state index is 0.0411. The number of amides is 1. The number of halogens is 1. The first-order chi connectivity index (χ1) is 18.0. The molecule has 0 saturated carbocycles. The number of nitrogens with zero attached hydrogens (tertiary/aromatic N) is 2. The number of benzene rings is 3. The van der Waals surface area contributed by atoms with E-state index in [1.54, 1.807) is 38.6 Å². The third-order valence-electron chi connectivity index (χ3n) is 5.99. The highest BCUT2D eigenvalue weighted by atomic mass is 35.5. The second kappa shape index (κ2) is 10.8. The molecule has 5 aromatic rings. The number of carbonyl (C=O) groups is 1. The molecule has 0 radical (unpaired) electrons. The van der Waals surface area contributed by atoms with Gasteiger partial charge in [-0.2, -0.15) is 5.10 Å². The van der Waals surface area contributed by atoms with Gasteiger partial charge in [0.15, 0.2) is 17.1 Å². The molecular weight excluding hydrogens is 492 g/mol. The molecule has 2 N–H and O–H groups in total. The third-order valence-corrected chi connectivity index (χ3v) is 6.23. The average Bonchev–Trinajstić information content (AvgIpc) is 3.56. The fraction of sp³-hybridized carbons (Fsp3) is 0.179. The van der Waals surface area contributed by atoms with Crippen LogP contribution in [-0.4, -0.2) is 35.3 Å². The van der Waals surface area contributed by atoms with Crippen molar-refractivity contribution in [3.05, 3.63) is 77.4 Å². The van der Waals surface area contributed by atoms with Crippen molar-refractivity contribution in [2.75, 3.05) is 19.5 Å². The summed E-state index contributed by atoms with van der Waals surface area (Å²) in [5, 5.41) is 10.7. The molecule has 0 aliphatic heterocycles. The van der Waals surface area contributed by atoms with E-state index in [1.165, 1.54) is 0 Å². The Labute approximate surface area is 218 Å². The van der Waals surface area contributed by atoms with Crippen LogP contribution >= 0.6 is 11.6 Å². The number of aromatic amines is 1. The van der Waals surface area contributed by atoms with Crippen LogP contribution in [0.25, 0.3) is 33.8 Å². The summed E-state index contributed by atoms with van der Waals surface area (Å²) in [6, 6.07) is 18.7. The van der Waals surface area contributed by atoms with Crippen molar-refractivity contribution in [1.29, 1.82) is 0 Å². The number of aromatic nitrogens is 3. The van der Waals surface area contributed by atoms with Crippen molar-refractivity contribution in [3.63, 3.8) is 0 Å². The molecule has 0 aliphatic rings. The maximum absolute atomic E-state index is 12.5. The number of hydrogen-bond acceptors (Lipinski definition) is 6. The average molecular weight is 517 g/mol. The van der Waals surface area contributed by atoms with E-state index in [0.29, 0.717) is 46.4 Å². The summed E-state index contributed by atoms with van der Waals surface area (Å²) in [6.45, 7) is 0. The maximum atomic E-state index is 12.5. The molecule has 0 fully saturated rings. The van der Waals surface area contributed by atoms with Gasteiger partial charge in [-0.15, -0.1) is 0 Å². The Kier molecular flexibility index (Phi) is 7.09. The quantitative estimate of drug-likeness (QED) is 0.231. The van der Waals surface area contributed by atoms with E-state index in [0.717, 1.165) is 34.5 Å². The van der Waals surface area contributed by atoms with Gasteiger partial charge in [0.2, 0.25) is 11.8 Å². The summed E-state index contributed by atoms with van der Waals surface area (Å²) >= 11 is 6.07. The molecule has 5 rings (SSSR count). The zero-order valence-electron chi connectivity index (χ0n) is 20.4. The van der Waals surface area contributed by atoms with Crippen LogP contribution in [0.2, 0.25) is 5.02 Å². The van der Waals surface area contributed by atoms with Crippen LogP contribution in [0.4, 0.5) is 5.69 Å². The van der Waals surface area contributed by atoms with Crippen LogP contribution in [0.1, 0.15) is 18.4 Å². The number of oxazole rings is 1. The highest BCUT2D eigenvalue weighted by Crippen LogP contribution is 2.33. The van der Waals surface area contributed by atoms with Crippen LogP contribution in [0.5, 0.6) is 11.5 Å². The Hall–Kier alpha value is -4.30. The van der Waals surface area contributed by atoms with E-state index >= 15 is 0 Å². The molecule has 2 aromatic heterocycles. The number of H-pyrrole nitrogens is 1. The van der Waals surface area contributed by atoms with Crippen molar-refractivity contribution >= 4 is 34.3 Å². The smallest absolute Gasteiger partial charge is 0.231 e. The van der Waals surface area contributed by atoms with E-state index < -0.39 is 0 Å².